The van der Waals surface area contributed by atoms with E-state index in [1.807, 2.05) is 42.5 Å². The Morgan fingerprint density at radius 3 is 2.33 bits per heavy atom. The van der Waals surface area contributed by atoms with E-state index in [4.69, 9.17) is 32.7 Å². The van der Waals surface area contributed by atoms with Crippen LogP contribution in [0.15, 0.2) is 106 Å². The quantitative estimate of drug-likeness (QED) is 0.168. The fourth-order valence-electron chi connectivity index (χ4n) is 5.22. The molecule has 1 aliphatic rings. The summed E-state index contributed by atoms with van der Waals surface area (Å²) in [5, 5.41) is 2.54. The predicted molar refractivity (Wildman–Crippen MR) is 172 cm³/mol. The van der Waals surface area contributed by atoms with Gasteiger partial charge in [0.05, 0.1) is 22.8 Å². The number of rotatable bonds is 7. The number of carbonyl (C=O) groups excluding carboxylic acids is 1. The number of aromatic nitrogens is 1. The van der Waals surface area contributed by atoms with Crippen molar-refractivity contribution in [3.8, 4) is 5.75 Å². The van der Waals surface area contributed by atoms with Crippen molar-refractivity contribution >= 4 is 57.4 Å². The Morgan fingerprint density at radius 1 is 0.978 bits per heavy atom. The summed E-state index contributed by atoms with van der Waals surface area (Å²) >= 11 is 12.9. The maximum atomic E-state index is 14.5. The monoisotopic (exact) mass is 682 g/mol. The third-order valence-corrected chi connectivity index (χ3v) is 8.78. The van der Waals surface area contributed by atoms with E-state index in [0.29, 0.717) is 21.4 Å². The molecule has 1 aliphatic heterocycles. The number of allylic oxidation sites excluding steroid dienone is 1. The number of benzene rings is 4. The van der Waals surface area contributed by atoms with Gasteiger partial charge in [-0.1, -0.05) is 89.1 Å². The zero-order valence-electron chi connectivity index (χ0n) is 24.0. The number of carbonyl (C=O) groups is 1. The lowest BCUT2D eigenvalue weighted by Gasteiger charge is -2.26. The van der Waals surface area contributed by atoms with Crippen LogP contribution in [0.25, 0.3) is 16.8 Å². The number of nitrogens with zero attached hydrogens (tertiary/aromatic N) is 2. The van der Waals surface area contributed by atoms with Crippen molar-refractivity contribution in [1.29, 1.82) is 0 Å². The average Bonchev–Trinajstić information content (AvgIpc) is 3.35. The summed E-state index contributed by atoms with van der Waals surface area (Å²) in [6.07, 6.45) is -3.43. The molecule has 0 spiro atoms. The van der Waals surface area contributed by atoms with Crippen LogP contribution in [0.1, 0.15) is 29.7 Å². The average molecular weight is 684 g/mol. The highest BCUT2D eigenvalue weighted by Gasteiger charge is 2.45. The van der Waals surface area contributed by atoms with Crippen LogP contribution in [0.5, 0.6) is 5.75 Å². The normalized spacial score (nSPS) is 15.1. The Hall–Kier alpha value is -4.38. The highest BCUT2D eigenvalue weighted by atomic mass is 35.5. The number of ether oxygens (including phenoxy) is 2. The van der Waals surface area contributed by atoms with Gasteiger partial charge in [0.15, 0.2) is 10.5 Å². The van der Waals surface area contributed by atoms with Crippen LogP contribution in [0.3, 0.4) is 0 Å². The number of fused-ring (bicyclic) bond motifs is 2. The molecule has 0 unspecified atom stereocenters. The number of alkyl halides is 3. The van der Waals surface area contributed by atoms with Gasteiger partial charge in [-0.25, -0.2) is 9.79 Å². The Bertz CT molecular complexity index is 2170. The molecule has 0 radical (unpaired) electrons. The summed E-state index contributed by atoms with van der Waals surface area (Å²) < 4.78 is 55.8. The molecule has 0 aliphatic carbocycles. The van der Waals surface area contributed by atoms with Crippen LogP contribution in [0.4, 0.5) is 13.2 Å². The molecule has 0 amide bonds. The molecule has 0 bridgehead atoms. The molecule has 6 rings (SSSR count). The first-order valence-electron chi connectivity index (χ1n) is 14.0. The second-order valence-electron chi connectivity index (χ2n) is 10.2. The fourth-order valence-corrected chi connectivity index (χ4v) is 6.46. The van der Waals surface area contributed by atoms with E-state index in [0.717, 1.165) is 32.2 Å². The third-order valence-electron chi connectivity index (χ3n) is 7.29. The molecule has 0 saturated carbocycles. The summed E-state index contributed by atoms with van der Waals surface area (Å²) in [4.78, 5) is 30.9. The summed E-state index contributed by atoms with van der Waals surface area (Å²) in [5.74, 6) is -0.767. The van der Waals surface area contributed by atoms with Crippen LogP contribution in [-0.2, 0) is 16.1 Å². The van der Waals surface area contributed by atoms with Gasteiger partial charge in [-0.15, -0.1) is 0 Å². The predicted octanol–water partition coefficient (Wildman–Crippen LogP) is 7.38. The molecule has 0 fully saturated rings. The molecule has 6 nitrogen and oxygen atoms in total. The molecule has 46 heavy (non-hydrogen) atoms. The Morgan fingerprint density at radius 2 is 1.65 bits per heavy atom. The van der Waals surface area contributed by atoms with Crippen LogP contribution in [0, 0.1) is 0 Å². The minimum Gasteiger partial charge on any atom is -0.488 e. The first-order valence-corrected chi connectivity index (χ1v) is 15.6. The molecule has 5 aromatic rings. The lowest BCUT2D eigenvalue weighted by atomic mass is 9.95. The standard InChI is InChI=1S/C34H23Cl2F3N2O4S/c1-2-44-32(43)28-29(21-9-14-23(36)15-10-21)41-31(42)27(46-33(41)40-30(28)34(37,38)39)17-25-24-6-4-3-5-20(24)11-16-26(25)45-18-19-7-12-22(35)13-8-19/h3-17,29H,2,18H2,1H3/b27-17-/t29-/m0/s1. The molecular weight excluding hydrogens is 660 g/mol. The van der Waals surface area contributed by atoms with Crippen molar-refractivity contribution in [1.82, 2.24) is 4.57 Å². The summed E-state index contributed by atoms with van der Waals surface area (Å²) in [7, 11) is 0. The Kier molecular flexibility index (Phi) is 8.78. The van der Waals surface area contributed by atoms with Gasteiger partial charge < -0.3 is 9.47 Å². The molecule has 1 aromatic heterocycles. The first kappa shape index (κ1) is 31.6. The summed E-state index contributed by atoms with van der Waals surface area (Å²) in [6.45, 7) is 1.51. The maximum absolute atomic E-state index is 14.5. The van der Waals surface area contributed by atoms with Crippen molar-refractivity contribution in [3.05, 3.63) is 143 Å². The molecule has 0 saturated heterocycles. The third kappa shape index (κ3) is 6.20. The Labute approximate surface area is 274 Å². The molecule has 1 atom stereocenters. The van der Waals surface area contributed by atoms with Gasteiger partial charge >= 0.3 is 12.1 Å². The van der Waals surface area contributed by atoms with Crippen molar-refractivity contribution in [3.63, 3.8) is 0 Å². The largest absolute Gasteiger partial charge is 0.488 e. The van der Waals surface area contributed by atoms with Crippen LogP contribution in [0.2, 0.25) is 10.0 Å². The topological polar surface area (TPSA) is 69.9 Å². The van der Waals surface area contributed by atoms with E-state index in [1.54, 1.807) is 24.3 Å². The van der Waals surface area contributed by atoms with Gasteiger partial charge in [0, 0.05) is 15.6 Å². The highest BCUT2D eigenvalue weighted by molar-refractivity contribution is 7.07. The van der Waals surface area contributed by atoms with Crippen LogP contribution >= 0.6 is 34.5 Å². The van der Waals surface area contributed by atoms with Gasteiger partial charge in [-0.2, -0.15) is 13.2 Å². The van der Waals surface area contributed by atoms with Crippen LogP contribution in [-0.4, -0.2) is 23.3 Å². The van der Waals surface area contributed by atoms with Crippen molar-refractivity contribution in [2.24, 2.45) is 4.99 Å². The van der Waals surface area contributed by atoms with E-state index < -0.39 is 35.0 Å². The van der Waals surface area contributed by atoms with Gasteiger partial charge in [-0.05, 0) is 65.2 Å². The van der Waals surface area contributed by atoms with Gasteiger partial charge in [0.1, 0.15) is 12.4 Å². The van der Waals surface area contributed by atoms with Gasteiger partial charge in [-0.3, -0.25) is 9.36 Å². The van der Waals surface area contributed by atoms with Crippen molar-refractivity contribution in [2.45, 2.75) is 25.7 Å². The highest BCUT2D eigenvalue weighted by Crippen LogP contribution is 2.38. The molecule has 0 N–H and O–H groups in total. The lowest BCUT2D eigenvalue weighted by molar-refractivity contribution is -0.140. The van der Waals surface area contributed by atoms with E-state index in [9.17, 15) is 22.8 Å². The zero-order valence-corrected chi connectivity index (χ0v) is 26.3. The first-order chi connectivity index (χ1) is 22.0. The fraction of sp³-hybridized carbons (Fsp3) is 0.147. The lowest BCUT2D eigenvalue weighted by Crippen LogP contribution is -2.41. The summed E-state index contributed by atoms with van der Waals surface area (Å²) in [6, 6.07) is 22.7. The summed E-state index contributed by atoms with van der Waals surface area (Å²) in [5.41, 5.74) is -1.20. The number of hydrogen-bond donors (Lipinski definition) is 0. The van der Waals surface area contributed by atoms with Crippen LogP contribution < -0.4 is 19.6 Å². The number of hydrogen-bond acceptors (Lipinski definition) is 6. The zero-order chi connectivity index (χ0) is 32.6. The molecule has 4 aromatic carbocycles. The van der Waals surface area contributed by atoms with Crippen molar-refractivity contribution in [2.75, 3.05) is 6.61 Å². The maximum Gasteiger partial charge on any atom is 0.434 e. The minimum absolute atomic E-state index is 0.0945. The SMILES string of the molecule is CCOC(=O)C1=C(C(F)(F)F)N=c2s/c(=C\c3c(OCc4ccc(Cl)cc4)ccc4ccccc34)c(=O)n2[C@H]1c1ccc(Cl)cc1. The van der Waals surface area contributed by atoms with E-state index in [1.165, 1.54) is 31.2 Å². The van der Waals surface area contributed by atoms with E-state index >= 15 is 0 Å². The second kappa shape index (κ2) is 12.8. The Balaban J connectivity index is 1.57. The second-order valence-corrected chi connectivity index (χ2v) is 12.1. The van der Waals surface area contributed by atoms with Gasteiger partial charge in [0.2, 0.25) is 0 Å². The van der Waals surface area contributed by atoms with Crippen molar-refractivity contribution < 1.29 is 27.4 Å². The molecular formula is C34H23Cl2F3N2O4S. The van der Waals surface area contributed by atoms with Gasteiger partial charge in [0.25, 0.3) is 5.56 Å². The smallest absolute Gasteiger partial charge is 0.434 e. The number of esters is 1. The molecule has 234 valence electrons. The minimum atomic E-state index is -5.01. The molecule has 2 heterocycles. The van der Waals surface area contributed by atoms with E-state index in [-0.39, 0.29) is 28.1 Å². The van der Waals surface area contributed by atoms with E-state index in [2.05, 4.69) is 4.99 Å². The number of halogens is 5. The number of thiazole rings is 1. The molecule has 12 heteroatoms.